The first kappa shape index (κ1) is 12.8. The zero-order valence-corrected chi connectivity index (χ0v) is 8.42. The van der Waals surface area contributed by atoms with E-state index in [0.717, 1.165) is 0 Å². The summed E-state index contributed by atoms with van der Waals surface area (Å²) in [7, 11) is 0. The van der Waals surface area contributed by atoms with Crippen molar-refractivity contribution in [2.45, 2.75) is 27.1 Å². The predicted octanol–water partition coefficient (Wildman–Crippen LogP) is -0.107. The molecule has 0 aromatic carbocycles. The SMILES string of the molecule is CCONC(NOCC)NOCC. The van der Waals surface area contributed by atoms with E-state index >= 15 is 0 Å². The topological polar surface area (TPSA) is 63.8 Å². The van der Waals surface area contributed by atoms with Gasteiger partial charge in [0.25, 0.3) is 0 Å². The molecule has 0 rings (SSSR count). The minimum atomic E-state index is -0.375. The van der Waals surface area contributed by atoms with E-state index in [-0.39, 0.29) is 6.29 Å². The summed E-state index contributed by atoms with van der Waals surface area (Å²) in [6, 6.07) is 0. The van der Waals surface area contributed by atoms with E-state index in [2.05, 4.69) is 16.4 Å². The van der Waals surface area contributed by atoms with Crippen LogP contribution in [0, 0.1) is 0 Å². The van der Waals surface area contributed by atoms with E-state index in [0.29, 0.717) is 19.8 Å². The molecular weight excluding hydrogens is 174 g/mol. The maximum absolute atomic E-state index is 4.95. The third-order valence-corrected chi connectivity index (χ3v) is 1.04. The van der Waals surface area contributed by atoms with Crippen molar-refractivity contribution >= 4 is 0 Å². The summed E-state index contributed by atoms with van der Waals surface area (Å²) in [6.45, 7) is 7.34. The molecule has 0 aromatic heterocycles. The second-order valence-electron chi connectivity index (χ2n) is 2.09. The Morgan fingerprint density at radius 3 is 1.31 bits per heavy atom. The van der Waals surface area contributed by atoms with E-state index < -0.39 is 0 Å². The Labute approximate surface area is 78.8 Å². The van der Waals surface area contributed by atoms with Crippen molar-refractivity contribution in [1.82, 2.24) is 16.4 Å². The van der Waals surface area contributed by atoms with Crippen molar-refractivity contribution < 1.29 is 14.5 Å². The molecule has 0 radical (unpaired) electrons. The van der Waals surface area contributed by atoms with Crippen LogP contribution in [0.3, 0.4) is 0 Å². The lowest BCUT2D eigenvalue weighted by atomic mass is 10.9. The molecule has 0 heterocycles. The molecule has 80 valence electrons. The molecule has 3 N–H and O–H groups in total. The van der Waals surface area contributed by atoms with Crippen molar-refractivity contribution in [3.8, 4) is 0 Å². The maximum atomic E-state index is 4.95. The molecule has 0 amide bonds. The number of hydroxylamine groups is 3. The van der Waals surface area contributed by atoms with Crippen molar-refractivity contribution in [3.05, 3.63) is 0 Å². The summed E-state index contributed by atoms with van der Waals surface area (Å²) < 4.78 is 0. The van der Waals surface area contributed by atoms with Crippen LogP contribution in [0.2, 0.25) is 0 Å². The lowest BCUT2D eigenvalue weighted by molar-refractivity contribution is -0.120. The average molecular weight is 193 g/mol. The zero-order chi connectivity index (χ0) is 9.94. The molecule has 0 aliphatic rings. The fourth-order valence-electron chi connectivity index (χ4n) is 0.572. The van der Waals surface area contributed by atoms with Gasteiger partial charge in [0.05, 0.1) is 19.8 Å². The molecule has 0 unspecified atom stereocenters. The standard InChI is InChI=1S/C7H19N3O3/c1-4-11-8-7(9-12-5-2)10-13-6-3/h7-10H,4-6H2,1-3H3. The Morgan fingerprint density at radius 1 is 0.769 bits per heavy atom. The largest absolute Gasteiger partial charge is 0.299 e. The van der Waals surface area contributed by atoms with Crippen LogP contribution in [-0.4, -0.2) is 26.1 Å². The Morgan fingerprint density at radius 2 is 1.08 bits per heavy atom. The van der Waals surface area contributed by atoms with Crippen LogP contribution < -0.4 is 16.4 Å². The first-order valence-electron chi connectivity index (χ1n) is 4.47. The molecule has 6 heteroatoms. The molecule has 0 saturated heterocycles. The maximum Gasteiger partial charge on any atom is 0.177 e. The van der Waals surface area contributed by atoms with Gasteiger partial charge in [0.2, 0.25) is 0 Å². The quantitative estimate of drug-likeness (QED) is 0.351. The first-order chi connectivity index (χ1) is 6.35. The Kier molecular flexibility index (Phi) is 9.66. The van der Waals surface area contributed by atoms with Crippen LogP contribution in [0.5, 0.6) is 0 Å². The Balaban J connectivity index is 3.47. The molecule has 13 heavy (non-hydrogen) atoms. The number of hydrogen-bond acceptors (Lipinski definition) is 6. The van der Waals surface area contributed by atoms with E-state index in [9.17, 15) is 0 Å². The molecular formula is C7H19N3O3. The normalized spacial score (nSPS) is 11.1. The lowest BCUT2D eigenvalue weighted by Crippen LogP contribution is -2.52. The Bertz CT molecular complexity index is 86.0. The Hall–Kier alpha value is -0.240. The summed E-state index contributed by atoms with van der Waals surface area (Å²) in [6.07, 6.45) is -0.375. The molecule has 0 aliphatic heterocycles. The van der Waals surface area contributed by atoms with Crippen LogP contribution in [0.15, 0.2) is 0 Å². The summed E-state index contributed by atoms with van der Waals surface area (Å²) in [5.74, 6) is 0. The minimum Gasteiger partial charge on any atom is -0.299 e. The van der Waals surface area contributed by atoms with Gasteiger partial charge < -0.3 is 0 Å². The summed E-state index contributed by atoms with van der Waals surface area (Å²) in [5, 5.41) is 0. The van der Waals surface area contributed by atoms with E-state index in [1.807, 2.05) is 20.8 Å². The van der Waals surface area contributed by atoms with Gasteiger partial charge >= 0.3 is 0 Å². The smallest absolute Gasteiger partial charge is 0.177 e. The van der Waals surface area contributed by atoms with E-state index in [4.69, 9.17) is 14.5 Å². The summed E-state index contributed by atoms with van der Waals surface area (Å²) in [4.78, 5) is 14.9. The van der Waals surface area contributed by atoms with Crippen LogP contribution in [0.1, 0.15) is 20.8 Å². The molecule has 0 fully saturated rings. The highest BCUT2D eigenvalue weighted by atomic mass is 16.7. The van der Waals surface area contributed by atoms with Gasteiger partial charge in [0, 0.05) is 0 Å². The van der Waals surface area contributed by atoms with Crippen LogP contribution in [0.4, 0.5) is 0 Å². The molecule has 0 aromatic rings. The second-order valence-corrected chi connectivity index (χ2v) is 2.09. The van der Waals surface area contributed by atoms with E-state index in [1.165, 1.54) is 0 Å². The predicted molar refractivity (Wildman–Crippen MR) is 48.1 cm³/mol. The van der Waals surface area contributed by atoms with Gasteiger partial charge in [0.1, 0.15) is 0 Å². The van der Waals surface area contributed by atoms with Crippen LogP contribution in [0.25, 0.3) is 0 Å². The van der Waals surface area contributed by atoms with Gasteiger partial charge in [-0.25, -0.2) is 0 Å². The van der Waals surface area contributed by atoms with Crippen molar-refractivity contribution in [1.29, 1.82) is 0 Å². The van der Waals surface area contributed by atoms with Crippen LogP contribution >= 0.6 is 0 Å². The monoisotopic (exact) mass is 193 g/mol. The van der Waals surface area contributed by atoms with Gasteiger partial charge in [-0.2, -0.15) is 16.4 Å². The van der Waals surface area contributed by atoms with Gasteiger partial charge in [0.15, 0.2) is 6.29 Å². The second kappa shape index (κ2) is 9.85. The van der Waals surface area contributed by atoms with Gasteiger partial charge in [-0.15, -0.1) is 0 Å². The molecule has 0 aliphatic carbocycles. The van der Waals surface area contributed by atoms with Crippen LogP contribution in [-0.2, 0) is 14.5 Å². The highest BCUT2D eigenvalue weighted by molar-refractivity contribution is 4.40. The third-order valence-electron chi connectivity index (χ3n) is 1.04. The highest BCUT2D eigenvalue weighted by Crippen LogP contribution is 1.76. The molecule has 6 nitrogen and oxygen atoms in total. The van der Waals surface area contributed by atoms with E-state index in [1.54, 1.807) is 0 Å². The molecule has 0 spiro atoms. The van der Waals surface area contributed by atoms with Gasteiger partial charge in [-0.1, -0.05) is 0 Å². The first-order valence-corrected chi connectivity index (χ1v) is 4.47. The zero-order valence-electron chi connectivity index (χ0n) is 8.42. The van der Waals surface area contributed by atoms with Gasteiger partial charge in [-0.3, -0.25) is 14.5 Å². The molecule has 0 saturated carbocycles. The number of rotatable bonds is 9. The summed E-state index contributed by atoms with van der Waals surface area (Å²) >= 11 is 0. The van der Waals surface area contributed by atoms with Gasteiger partial charge in [-0.05, 0) is 20.8 Å². The van der Waals surface area contributed by atoms with Crippen molar-refractivity contribution in [2.75, 3.05) is 19.8 Å². The fourth-order valence-corrected chi connectivity index (χ4v) is 0.572. The highest BCUT2D eigenvalue weighted by Gasteiger charge is 2.05. The third kappa shape index (κ3) is 8.10. The molecule has 0 atom stereocenters. The number of nitrogens with one attached hydrogen (secondary N) is 3. The minimum absolute atomic E-state index is 0.375. The van der Waals surface area contributed by atoms with Crippen molar-refractivity contribution in [3.63, 3.8) is 0 Å². The molecule has 0 bridgehead atoms. The average Bonchev–Trinajstić information content (AvgIpc) is 2.17. The number of hydrogen-bond donors (Lipinski definition) is 3. The fraction of sp³-hybridized carbons (Fsp3) is 1.00. The lowest BCUT2D eigenvalue weighted by Gasteiger charge is -2.19. The van der Waals surface area contributed by atoms with Crippen molar-refractivity contribution in [2.24, 2.45) is 0 Å². The summed E-state index contributed by atoms with van der Waals surface area (Å²) in [5.41, 5.74) is 8.00.